The van der Waals surface area contributed by atoms with Crippen molar-refractivity contribution in [3.05, 3.63) is 58.4 Å². The number of carbonyl (C=O) groups excluding carboxylic acids is 1. The van der Waals surface area contributed by atoms with Gasteiger partial charge in [-0.2, -0.15) is 0 Å². The molecule has 2 aliphatic rings. The van der Waals surface area contributed by atoms with Crippen LogP contribution < -0.4 is 11.1 Å². The van der Waals surface area contributed by atoms with Gasteiger partial charge in [-0.1, -0.05) is 12.1 Å². The van der Waals surface area contributed by atoms with Gasteiger partial charge in [-0.15, -0.1) is 0 Å². The van der Waals surface area contributed by atoms with E-state index in [4.69, 9.17) is 11.1 Å². The molecular weight excluding hydrogens is 378 g/mol. The molecule has 2 heterocycles. The van der Waals surface area contributed by atoms with E-state index in [2.05, 4.69) is 31.3 Å². The van der Waals surface area contributed by atoms with E-state index >= 15 is 0 Å². The molecule has 0 saturated heterocycles. The van der Waals surface area contributed by atoms with Gasteiger partial charge in [0, 0.05) is 17.5 Å². The Bertz CT molecular complexity index is 1130. The van der Waals surface area contributed by atoms with E-state index in [0.29, 0.717) is 22.9 Å². The Balaban J connectivity index is 1.41. The van der Waals surface area contributed by atoms with Crippen LogP contribution in [0.1, 0.15) is 64.0 Å². The number of nitrogens with two attached hydrogens (primary N) is 1. The zero-order valence-corrected chi connectivity index (χ0v) is 16.5. The van der Waals surface area contributed by atoms with Gasteiger partial charge in [0.05, 0.1) is 23.0 Å². The second kappa shape index (κ2) is 7.37. The molecule has 2 aromatic heterocycles. The van der Waals surface area contributed by atoms with Crippen molar-refractivity contribution in [3.8, 4) is 11.3 Å². The molecule has 0 fully saturated rings. The normalized spacial score (nSPS) is 17.3. The van der Waals surface area contributed by atoms with Crippen LogP contribution in [0.4, 0.5) is 5.82 Å². The van der Waals surface area contributed by atoms with Gasteiger partial charge in [-0.3, -0.25) is 4.79 Å². The third kappa shape index (κ3) is 3.14. The topological polar surface area (TPSA) is 133 Å². The molecule has 2 aliphatic carbocycles. The number of H-pyrrole nitrogens is 1. The first-order valence-corrected chi connectivity index (χ1v) is 10.3. The number of fused-ring (bicyclic) bond motifs is 2. The Morgan fingerprint density at radius 2 is 2.13 bits per heavy atom. The van der Waals surface area contributed by atoms with Crippen molar-refractivity contribution in [2.75, 3.05) is 5.73 Å². The van der Waals surface area contributed by atoms with Gasteiger partial charge < -0.3 is 21.4 Å². The maximum Gasteiger partial charge on any atom is 0.287 e. The van der Waals surface area contributed by atoms with E-state index in [1.54, 1.807) is 0 Å². The number of rotatable bonds is 4. The third-order valence-electron chi connectivity index (χ3n) is 6.01. The first kappa shape index (κ1) is 18.5. The van der Waals surface area contributed by atoms with Crippen molar-refractivity contribution in [3.63, 3.8) is 0 Å². The molecule has 0 spiro atoms. The molecule has 0 radical (unpaired) electrons. The number of nitrogens with zero attached hydrogens (tertiary/aromatic N) is 3. The summed E-state index contributed by atoms with van der Waals surface area (Å²) < 4.78 is 0. The SMILES string of the molecule is N=Cc1c(N)ncnc1-c1ccc2c(c1)CCCC2NC(=O)c1nc2c([nH]1)CCC2. The van der Waals surface area contributed by atoms with Crippen LogP contribution in [0.2, 0.25) is 0 Å². The lowest BCUT2D eigenvalue weighted by Crippen LogP contribution is -2.31. The van der Waals surface area contributed by atoms with Crippen LogP contribution in [-0.2, 0) is 19.3 Å². The van der Waals surface area contributed by atoms with Crippen LogP contribution in [0.25, 0.3) is 11.3 Å². The molecule has 8 heteroatoms. The number of aryl methyl sites for hydroxylation is 3. The molecule has 0 aliphatic heterocycles. The van der Waals surface area contributed by atoms with Crippen molar-refractivity contribution >= 4 is 17.9 Å². The standard InChI is InChI=1S/C22H23N7O/c23-10-15-19(25-11-26-20(15)24)13-7-8-14-12(9-13)3-1-4-16(14)29-22(30)21-27-17-5-2-6-18(17)28-21/h7-11,16,23H,1-6H2,(H,27,28)(H,29,30)(H2,24,25,26). The van der Waals surface area contributed by atoms with E-state index in [-0.39, 0.29) is 11.9 Å². The quantitative estimate of drug-likeness (QED) is 0.499. The van der Waals surface area contributed by atoms with Gasteiger partial charge in [-0.25, -0.2) is 15.0 Å². The first-order valence-electron chi connectivity index (χ1n) is 10.3. The van der Waals surface area contributed by atoms with Crippen molar-refractivity contribution in [2.24, 2.45) is 0 Å². The summed E-state index contributed by atoms with van der Waals surface area (Å²) in [4.78, 5) is 28.8. The highest BCUT2D eigenvalue weighted by atomic mass is 16.2. The number of imidazole rings is 1. The van der Waals surface area contributed by atoms with Crippen molar-refractivity contribution in [1.29, 1.82) is 5.41 Å². The minimum absolute atomic E-state index is 0.0482. The monoisotopic (exact) mass is 401 g/mol. The van der Waals surface area contributed by atoms with Crippen molar-refractivity contribution < 1.29 is 4.79 Å². The van der Waals surface area contributed by atoms with Crippen LogP contribution in [0.3, 0.4) is 0 Å². The smallest absolute Gasteiger partial charge is 0.287 e. The predicted molar refractivity (Wildman–Crippen MR) is 114 cm³/mol. The Kier molecular flexibility index (Phi) is 4.54. The molecule has 30 heavy (non-hydrogen) atoms. The second-order valence-corrected chi connectivity index (χ2v) is 7.86. The average Bonchev–Trinajstić information content (AvgIpc) is 3.36. The fraction of sp³-hybridized carbons (Fsp3) is 0.318. The van der Waals surface area contributed by atoms with E-state index in [0.717, 1.165) is 61.0 Å². The van der Waals surface area contributed by atoms with E-state index in [1.165, 1.54) is 18.1 Å². The van der Waals surface area contributed by atoms with E-state index in [9.17, 15) is 4.79 Å². The minimum Gasteiger partial charge on any atom is -0.383 e. The number of benzene rings is 1. The molecular formula is C22H23N7O. The summed E-state index contributed by atoms with van der Waals surface area (Å²) in [6.07, 6.45) is 8.44. The number of anilines is 1. The minimum atomic E-state index is -0.152. The van der Waals surface area contributed by atoms with Gasteiger partial charge in [0.2, 0.25) is 0 Å². The van der Waals surface area contributed by atoms with Gasteiger partial charge in [0.25, 0.3) is 5.91 Å². The highest BCUT2D eigenvalue weighted by Crippen LogP contribution is 2.34. The van der Waals surface area contributed by atoms with Crippen LogP contribution in [0.15, 0.2) is 24.5 Å². The highest BCUT2D eigenvalue weighted by molar-refractivity contribution is 5.92. The first-order chi connectivity index (χ1) is 14.6. The largest absolute Gasteiger partial charge is 0.383 e. The number of hydrogen-bond acceptors (Lipinski definition) is 6. The van der Waals surface area contributed by atoms with Crippen molar-refractivity contribution in [2.45, 2.75) is 44.6 Å². The lowest BCUT2D eigenvalue weighted by Gasteiger charge is -2.26. The molecule has 1 unspecified atom stereocenters. The second-order valence-electron chi connectivity index (χ2n) is 7.86. The molecule has 0 saturated carbocycles. The molecule has 3 aromatic rings. The highest BCUT2D eigenvalue weighted by Gasteiger charge is 2.26. The maximum atomic E-state index is 12.8. The van der Waals surface area contributed by atoms with Gasteiger partial charge >= 0.3 is 0 Å². The number of nitrogen functional groups attached to an aromatic ring is 1. The molecule has 5 N–H and O–H groups in total. The number of amides is 1. The average molecular weight is 401 g/mol. The van der Waals surface area contributed by atoms with Crippen LogP contribution in [-0.4, -0.2) is 32.1 Å². The third-order valence-corrected chi connectivity index (χ3v) is 6.01. The zero-order chi connectivity index (χ0) is 20.7. The lowest BCUT2D eigenvalue weighted by molar-refractivity contribution is 0.0923. The lowest BCUT2D eigenvalue weighted by atomic mass is 9.86. The Morgan fingerprint density at radius 1 is 1.23 bits per heavy atom. The van der Waals surface area contributed by atoms with Gasteiger partial charge in [0.1, 0.15) is 12.1 Å². The zero-order valence-electron chi connectivity index (χ0n) is 16.5. The molecule has 5 rings (SSSR count). The Hall–Kier alpha value is -3.55. The van der Waals surface area contributed by atoms with Crippen LogP contribution in [0.5, 0.6) is 0 Å². The number of carbonyl (C=O) groups is 1. The fourth-order valence-electron chi connectivity index (χ4n) is 4.52. The Labute approximate surface area is 173 Å². The molecule has 8 nitrogen and oxygen atoms in total. The van der Waals surface area contributed by atoms with Crippen LogP contribution in [0, 0.1) is 5.41 Å². The number of aromatic nitrogens is 4. The molecule has 1 amide bonds. The summed E-state index contributed by atoms with van der Waals surface area (Å²) in [6, 6.07) is 6.06. The summed E-state index contributed by atoms with van der Waals surface area (Å²) in [7, 11) is 0. The molecule has 1 aromatic carbocycles. The summed E-state index contributed by atoms with van der Waals surface area (Å²) in [5, 5.41) is 10.8. The number of hydrogen-bond donors (Lipinski definition) is 4. The number of aromatic amines is 1. The maximum absolute atomic E-state index is 12.8. The summed E-state index contributed by atoms with van der Waals surface area (Å²) in [6.45, 7) is 0. The van der Waals surface area contributed by atoms with Crippen molar-refractivity contribution in [1.82, 2.24) is 25.3 Å². The Morgan fingerprint density at radius 3 is 2.97 bits per heavy atom. The van der Waals surface area contributed by atoms with Gasteiger partial charge in [0.15, 0.2) is 5.82 Å². The molecule has 1 atom stereocenters. The molecule has 152 valence electrons. The van der Waals surface area contributed by atoms with Gasteiger partial charge in [-0.05, 0) is 55.7 Å². The van der Waals surface area contributed by atoms with E-state index in [1.807, 2.05) is 12.1 Å². The van der Waals surface area contributed by atoms with Crippen LogP contribution >= 0.6 is 0 Å². The molecule has 0 bridgehead atoms. The summed E-state index contributed by atoms with van der Waals surface area (Å²) in [5.74, 6) is 0.555. The summed E-state index contributed by atoms with van der Waals surface area (Å²) in [5.41, 5.74) is 12.4. The van der Waals surface area contributed by atoms with E-state index < -0.39 is 0 Å². The summed E-state index contributed by atoms with van der Waals surface area (Å²) >= 11 is 0. The predicted octanol–water partition coefficient (Wildman–Crippen LogP) is 2.74. The number of nitrogens with one attached hydrogen (secondary N) is 3. The fourth-order valence-corrected chi connectivity index (χ4v) is 4.52.